The molecule has 0 aromatic carbocycles. The van der Waals surface area contributed by atoms with Gasteiger partial charge in [0.15, 0.2) is 5.96 Å². The number of carbonyl (C=O) groups excluding carboxylic acids is 1. The molecule has 0 saturated heterocycles. The molecule has 0 aliphatic rings. The number of thioether (sulfide) groups is 1. The standard InChI is InChI=1S/C15H32N4OS/c1-6-16-14(18-9-7-8-12-21-5)19-11-10-17-13(20)15(2,3)4/h6-12H2,1-5H3,(H,17,20)(H2,16,18,19). The Morgan fingerprint density at radius 2 is 1.76 bits per heavy atom. The van der Waals surface area contributed by atoms with Crippen molar-refractivity contribution in [2.75, 3.05) is 38.2 Å². The maximum Gasteiger partial charge on any atom is 0.225 e. The molecule has 21 heavy (non-hydrogen) atoms. The molecule has 3 N–H and O–H groups in total. The average Bonchev–Trinajstić information content (AvgIpc) is 2.41. The number of aliphatic imine (C=N–C) groups is 1. The van der Waals surface area contributed by atoms with E-state index in [9.17, 15) is 4.79 Å². The van der Waals surface area contributed by atoms with Gasteiger partial charge < -0.3 is 16.0 Å². The summed E-state index contributed by atoms with van der Waals surface area (Å²) in [6.45, 7) is 10.7. The third-order valence-electron chi connectivity index (χ3n) is 2.75. The highest BCUT2D eigenvalue weighted by Gasteiger charge is 2.20. The van der Waals surface area contributed by atoms with Crippen molar-refractivity contribution in [3.63, 3.8) is 0 Å². The smallest absolute Gasteiger partial charge is 0.225 e. The molecule has 0 saturated carbocycles. The van der Waals surface area contributed by atoms with Gasteiger partial charge in [-0.05, 0) is 31.8 Å². The van der Waals surface area contributed by atoms with Crippen molar-refractivity contribution in [2.45, 2.75) is 40.5 Å². The number of rotatable bonds is 9. The molecule has 6 heteroatoms. The second kappa shape index (κ2) is 11.7. The predicted octanol–water partition coefficient (Wildman–Crippen LogP) is 1.85. The molecule has 0 rings (SSSR count). The molecule has 0 aliphatic heterocycles. The Morgan fingerprint density at radius 3 is 2.33 bits per heavy atom. The van der Waals surface area contributed by atoms with Crippen LogP contribution in [0.5, 0.6) is 0 Å². The second-order valence-electron chi connectivity index (χ2n) is 5.89. The van der Waals surface area contributed by atoms with E-state index in [2.05, 4.69) is 27.2 Å². The first-order valence-electron chi connectivity index (χ1n) is 7.71. The maximum atomic E-state index is 11.7. The fraction of sp³-hybridized carbons (Fsp3) is 0.867. The van der Waals surface area contributed by atoms with Gasteiger partial charge in [-0.25, -0.2) is 0 Å². The summed E-state index contributed by atoms with van der Waals surface area (Å²) in [5.41, 5.74) is -0.337. The number of nitrogens with one attached hydrogen (secondary N) is 3. The van der Waals surface area contributed by atoms with Crippen molar-refractivity contribution in [3.8, 4) is 0 Å². The fourth-order valence-corrected chi connectivity index (χ4v) is 2.01. The molecule has 124 valence electrons. The van der Waals surface area contributed by atoms with Gasteiger partial charge in [0.05, 0.1) is 0 Å². The molecule has 5 nitrogen and oxygen atoms in total. The first kappa shape index (κ1) is 20.1. The van der Waals surface area contributed by atoms with Gasteiger partial charge in [0.1, 0.15) is 0 Å². The fourth-order valence-electron chi connectivity index (χ4n) is 1.51. The van der Waals surface area contributed by atoms with Gasteiger partial charge in [0, 0.05) is 31.6 Å². The third kappa shape index (κ3) is 11.4. The molecule has 0 aromatic heterocycles. The van der Waals surface area contributed by atoms with Gasteiger partial charge in [0.25, 0.3) is 0 Å². The van der Waals surface area contributed by atoms with E-state index in [4.69, 9.17) is 0 Å². The molecule has 0 heterocycles. The Hall–Kier alpha value is -0.910. The number of nitrogens with zero attached hydrogens (tertiary/aromatic N) is 1. The SMILES string of the molecule is CCNC(=NCCCCSC)NCCNC(=O)C(C)(C)C. The summed E-state index contributed by atoms with van der Waals surface area (Å²) in [5.74, 6) is 2.09. The van der Waals surface area contributed by atoms with Gasteiger partial charge in [-0.1, -0.05) is 20.8 Å². The van der Waals surface area contributed by atoms with Crippen LogP contribution in [0, 0.1) is 5.41 Å². The van der Waals surface area contributed by atoms with E-state index in [0.717, 1.165) is 25.5 Å². The summed E-state index contributed by atoms with van der Waals surface area (Å²) in [7, 11) is 0. The van der Waals surface area contributed by atoms with Gasteiger partial charge >= 0.3 is 0 Å². The number of guanidine groups is 1. The van der Waals surface area contributed by atoms with Crippen LogP contribution in [-0.2, 0) is 4.79 Å². The Bertz CT molecular complexity index is 313. The van der Waals surface area contributed by atoms with E-state index < -0.39 is 0 Å². The summed E-state index contributed by atoms with van der Waals surface area (Å²) in [6, 6.07) is 0. The minimum absolute atomic E-state index is 0.0725. The lowest BCUT2D eigenvalue weighted by atomic mass is 9.96. The molecule has 0 bridgehead atoms. The summed E-state index contributed by atoms with van der Waals surface area (Å²) >= 11 is 1.87. The molecular formula is C15H32N4OS. The van der Waals surface area contributed by atoms with Crippen molar-refractivity contribution in [1.82, 2.24) is 16.0 Å². The van der Waals surface area contributed by atoms with Crippen molar-refractivity contribution in [2.24, 2.45) is 10.4 Å². The molecule has 0 aliphatic carbocycles. The van der Waals surface area contributed by atoms with Crippen molar-refractivity contribution in [3.05, 3.63) is 0 Å². The highest BCUT2D eigenvalue weighted by atomic mass is 32.2. The van der Waals surface area contributed by atoms with E-state index in [-0.39, 0.29) is 11.3 Å². The van der Waals surface area contributed by atoms with Gasteiger partial charge in [-0.15, -0.1) is 0 Å². The van der Waals surface area contributed by atoms with Crippen molar-refractivity contribution in [1.29, 1.82) is 0 Å². The van der Waals surface area contributed by atoms with Crippen LogP contribution in [0.1, 0.15) is 40.5 Å². The lowest BCUT2D eigenvalue weighted by Crippen LogP contribution is -2.43. The first-order valence-corrected chi connectivity index (χ1v) is 9.10. The summed E-state index contributed by atoms with van der Waals surface area (Å²) in [6.07, 6.45) is 4.44. The highest BCUT2D eigenvalue weighted by molar-refractivity contribution is 7.98. The van der Waals surface area contributed by atoms with Crippen LogP contribution in [0.3, 0.4) is 0 Å². The molecule has 0 radical (unpaired) electrons. The van der Waals surface area contributed by atoms with Crippen LogP contribution in [0.15, 0.2) is 4.99 Å². The predicted molar refractivity (Wildman–Crippen MR) is 94.1 cm³/mol. The molecular weight excluding hydrogens is 284 g/mol. The van der Waals surface area contributed by atoms with E-state index in [1.54, 1.807) is 0 Å². The first-order chi connectivity index (χ1) is 9.91. The lowest BCUT2D eigenvalue weighted by molar-refractivity contribution is -0.128. The van der Waals surface area contributed by atoms with E-state index in [1.807, 2.05) is 39.5 Å². The van der Waals surface area contributed by atoms with Gasteiger partial charge in [0.2, 0.25) is 5.91 Å². The minimum Gasteiger partial charge on any atom is -0.357 e. The molecule has 0 unspecified atom stereocenters. The highest BCUT2D eigenvalue weighted by Crippen LogP contribution is 2.11. The molecule has 0 spiro atoms. The van der Waals surface area contributed by atoms with Gasteiger partial charge in [-0.3, -0.25) is 9.79 Å². The quantitative estimate of drug-likeness (QED) is 0.345. The number of hydrogen-bond donors (Lipinski definition) is 3. The molecule has 0 fully saturated rings. The largest absolute Gasteiger partial charge is 0.357 e. The molecule has 0 atom stereocenters. The van der Waals surface area contributed by atoms with Crippen LogP contribution >= 0.6 is 11.8 Å². The van der Waals surface area contributed by atoms with Crippen molar-refractivity contribution >= 4 is 23.6 Å². The van der Waals surface area contributed by atoms with Crippen LogP contribution in [0.25, 0.3) is 0 Å². The van der Waals surface area contributed by atoms with Crippen LogP contribution in [-0.4, -0.2) is 50.1 Å². The normalized spacial score (nSPS) is 12.1. The lowest BCUT2D eigenvalue weighted by Gasteiger charge is -2.18. The monoisotopic (exact) mass is 316 g/mol. The van der Waals surface area contributed by atoms with E-state index in [1.165, 1.54) is 12.2 Å². The topological polar surface area (TPSA) is 65.5 Å². The Morgan fingerprint density at radius 1 is 1.10 bits per heavy atom. The zero-order valence-electron chi connectivity index (χ0n) is 14.2. The maximum absolute atomic E-state index is 11.7. The second-order valence-corrected chi connectivity index (χ2v) is 6.88. The molecule has 0 aromatic rings. The van der Waals surface area contributed by atoms with E-state index in [0.29, 0.717) is 13.1 Å². The number of unbranched alkanes of at least 4 members (excludes halogenated alkanes) is 1. The summed E-state index contributed by atoms with van der Waals surface area (Å²) in [5, 5.41) is 9.37. The Labute approximate surface area is 134 Å². The molecule has 1 amide bonds. The third-order valence-corrected chi connectivity index (χ3v) is 3.45. The van der Waals surface area contributed by atoms with Crippen molar-refractivity contribution < 1.29 is 4.79 Å². The number of carbonyl (C=O) groups is 1. The zero-order valence-corrected chi connectivity index (χ0v) is 15.0. The summed E-state index contributed by atoms with van der Waals surface area (Å²) < 4.78 is 0. The minimum atomic E-state index is -0.337. The van der Waals surface area contributed by atoms with Crippen LogP contribution in [0.2, 0.25) is 0 Å². The van der Waals surface area contributed by atoms with Crippen LogP contribution < -0.4 is 16.0 Å². The average molecular weight is 317 g/mol. The van der Waals surface area contributed by atoms with E-state index >= 15 is 0 Å². The number of hydrogen-bond acceptors (Lipinski definition) is 3. The van der Waals surface area contributed by atoms with Crippen LogP contribution in [0.4, 0.5) is 0 Å². The van der Waals surface area contributed by atoms with Gasteiger partial charge in [-0.2, -0.15) is 11.8 Å². The Kier molecular flexibility index (Phi) is 11.2. The Balaban J connectivity index is 3.93. The number of amides is 1. The zero-order chi connectivity index (χ0) is 16.1. The summed E-state index contributed by atoms with van der Waals surface area (Å²) in [4.78, 5) is 16.2.